The van der Waals surface area contributed by atoms with Crippen molar-refractivity contribution in [1.29, 1.82) is 0 Å². The van der Waals surface area contributed by atoms with E-state index in [0.29, 0.717) is 10.6 Å². The van der Waals surface area contributed by atoms with Crippen molar-refractivity contribution in [1.82, 2.24) is 9.88 Å². The van der Waals surface area contributed by atoms with Crippen LogP contribution >= 0.6 is 11.3 Å². The number of phenolic OH excluding ortho intramolecular Hbond substituents is 1. The molecule has 0 aliphatic rings. The smallest absolute Gasteiger partial charge is 0.413 e. The molecule has 0 fully saturated rings. The first-order chi connectivity index (χ1) is 13.5. The number of fused-ring (bicyclic) bond motifs is 1. The highest BCUT2D eigenvalue weighted by molar-refractivity contribution is 7.22. The molecule has 0 atom stereocenters. The van der Waals surface area contributed by atoms with Crippen LogP contribution in [0.5, 0.6) is 5.75 Å². The third-order valence-corrected chi connectivity index (χ3v) is 4.69. The van der Waals surface area contributed by atoms with Crippen LogP contribution in [0.2, 0.25) is 0 Å². The first kappa shape index (κ1) is 22.0. The van der Waals surface area contributed by atoms with E-state index < -0.39 is 12.2 Å². The van der Waals surface area contributed by atoms with E-state index in [1.165, 1.54) is 22.3 Å². The molecule has 3 rings (SSSR count). The Labute approximate surface area is 172 Å². The number of phenols is 1. The van der Waals surface area contributed by atoms with Crippen LogP contribution < -0.4 is 5.32 Å². The van der Waals surface area contributed by atoms with Gasteiger partial charge in [-0.15, -0.1) is 0 Å². The summed E-state index contributed by atoms with van der Waals surface area (Å²) in [6.07, 6.45) is -1.17. The third kappa shape index (κ3) is 6.35. The second-order valence-corrected chi connectivity index (χ2v) is 6.92. The summed E-state index contributed by atoms with van der Waals surface area (Å²) in [7, 11) is 1.56. The molecular formula is C20H23N3O5S. The summed E-state index contributed by atoms with van der Waals surface area (Å²) >= 11 is 1.22. The molecule has 0 aliphatic heterocycles. The van der Waals surface area contributed by atoms with Gasteiger partial charge in [0.25, 0.3) is 0 Å². The average Bonchev–Trinajstić information content (AvgIpc) is 3.07. The van der Waals surface area contributed by atoms with Gasteiger partial charge in [0, 0.05) is 7.05 Å². The lowest BCUT2D eigenvalue weighted by Crippen LogP contribution is -2.31. The predicted octanol–water partition coefficient (Wildman–Crippen LogP) is 4.46. The van der Waals surface area contributed by atoms with Crippen LogP contribution in [0, 0.1) is 0 Å². The Balaban J connectivity index is 0.00000300. The highest BCUT2D eigenvalue weighted by Crippen LogP contribution is 2.28. The van der Waals surface area contributed by atoms with Gasteiger partial charge in [-0.1, -0.05) is 49.1 Å². The number of ether oxygens (including phenoxy) is 2. The van der Waals surface area contributed by atoms with Crippen molar-refractivity contribution in [3.63, 3.8) is 0 Å². The van der Waals surface area contributed by atoms with Gasteiger partial charge in [0.2, 0.25) is 0 Å². The number of nitrogens with zero attached hydrogens (tertiary/aromatic N) is 2. The van der Waals surface area contributed by atoms with Crippen LogP contribution in [0.1, 0.15) is 13.0 Å². The number of hydrogen-bond donors (Lipinski definition) is 2. The Morgan fingerprint density at radius 1 is 1.17 bits per heavy atom. The minimum absolute atomic E-state index is 0. The molecule has 0 saturated heterocycles. The number of nitrogens with one attached hydrogen (secondary N) is 1. The summed E-state index contributed by atoms with van der Waals surface area (Å²) in [5.74, 6) is 0.132. The van der Waals surface area contributed by atoms with Crippen molar-refractivity contribution in [2.75, 3.05) is 25.5 Å². The molecule has 0 aliphatic carbocycles. The van der Waals surface area contributed by atoms with Gasteiger partial charge in [-0.25, -0.2) is 14.6 Å². The van der Waals surface area contributed by atoms with Crippen LogP contribution in [-0.2, 0) is 16.1 Å². The Morgan fingerprint density at radius 3 is 2.69 bits per heavy atom. The van der Waals surface area contributed by atoms with Crippen molar-refractivity contribution in [2.45, 2.75) is 14.0 Å². The van der Waals surface area contributed by atoms with Crippen LogP contribution in [0.4, 0.5) is 14.7 Å². The number of aromatic nitrogens is 1. The molecule has 3 aromatic rings. The number of anilines is 1. The van der Waals surface area contributed by atoms with E-state index in [4.69, 9.17) is 9.47 Å². The molecule has 8 nitrogen and oxygen atoms in total. The molecule has 0 spiro atoms. The number of carbonyl (C=O) groups excluding carboxylic acids is 2. The summed E-state index contributed by atoms with van der Waals surface area (Å²) in [4.78, 5) is 29.4. The molecule has 0 saturated carbocycles. The Morgan fingerprint density at radius 2 is 1.93 bits per heavy atom. The fourth-order valence-electron chi connectivity index (χ4n) is 2.29. The van der Waals surface area contributed by atoms with Gasteiger partial charge in [0.05, 0.1) is 16.8 Å². The van der Waals surface area contributed by atoms with Crippen molar-refractivity contribution >= 4 is 38.9 Å². The molecule has 29 heavy (non-hydrogen) atoms. The van der Waals surface area contributed by atoms with E-state index in [0.717, 1.165) is 10.3 Å². The third-order valence-electron chi connectivity index (χ3n) is 3.76. The van der Waals surface area contributed by atoms with Gasteiger partial charge in [0.15, 0.2) is 5.13 Å². The zero-order chi connectivity index (χ0) is 19.9. The maximum atomic E-state index is 11.9. The molecule has 0 bridgehead atoms. The lowest BCUT2D eigenvalue weighted by atomic mass is 10.2. The number of hydrogen-bond acceptors (Lipinski definition) is 7. The van der Waals surface area contributed by atoms with Gasteiger partial charge in [-0.2, -0.15) is 0 Å². The first-order valence-corrected chi connectivity index (χ1v) is 9.28. The topological polar surface area (TPSA) is 101 Å². The van der Waals surface area contributed by atoms with E-state index in [2.05, 4.69) is 10.3 Å². The largest absolute Gasteiger partial charge is 0.508 e. The molecule has 2 N–H and O–H groups in total. The van der Waals surface area contributed by atoms with Crippen LogP contribution in [0.15, 0.2) is 48.5 Å². The van der Waals surface area contributed by atoms with E-state index in [9.17, 15) is 14.7 Å². The van der Waals surface area contributed by atoms with Gasteiger partial charge >= 0.3 is 12.2 Å². The molecule has 2 amide bonds. The second kappa shape index (κ2) is 10.3. The van der Waals surface area contributed by atoms with Gasteiger partial charge in [0.1, 0.15) is 19.0 Å². The minimum atomic E-state index is -0.672. The first-order valence-electron chi connectivity index (χ1n) is 8.46. The Hall–Kier alpha value is -3.33. The van der Waals surface area contributed by atoms with E-state index >= 15 is 0 Å². The zero-order valence-electron chi connectivity index (χ0n) is 15.1. The maximum absolute atomic E-state index is 11.9. The number of likely N-dealkylation sites (N-methyl/N-ethyl adjacent to an activating group) is 1. The number of benzene rings is 2. The number of rotatable bonds is 6. The predicted molar refractivity (Wildman–Crippen MR) is 112 cm³/mol. The van der Waals surface area contributed by atoms with E-state index in [1.807, 2.05) is 30.3 Å². The Kier molecular flexibility index (Phi) is 7.79. The molecular weight excluding hydrogens is 394 g/mol. The van der Waals surface area contributed by atoms with E-state index in [-0.39, 0.29) is 32.9 Å². The molecule has 2 aromatic carbocycles. The summed E-state index contributed by atoms with van der Waals surface area (Å²) in [6, 6.07) is 14.1. The number of amides is 2. The number of thiazole rings is 1. The molecule has 154 valence electrons. The Bertz CT molecular complexity index is 961. The van der Waals surface area contributed by atoms with Crippen molar-refractivity contribution in [3.8, 4) is 5.75 Å². The quantitative estimate of drug-likeness (QED) is 0.614. The number of carbonyl (C=O) groups is 2. The average molecular weight is 417 g/mol. The van der Waals surface area contributed by atoms with Crippen LogP contribution in [0.25, 0.3) is 10.2 Å². The number of aromatic hydroxyl groups is 1. The fourth-order valence-corrected chi connectivity index (χ4v) is 3.17. The van der Waals surface area contributed by atoms with Gasteiger partial charge < -0.3 is 19.5 Å². The summed E-state index contributed by atoms with van der Waals surface area (Å²) < 4.78 is 11.0. The molecule has 1 aromatic heterocycles. The standard InChI is InChI=1S/C19H19N3O5S.CH4/c1-22(19(25)27-12-13-5-3-2-4-6-13)9-10-26-18(24)21-17-20-15-8-7-14(23)11-16(15)28-17;/h2-8,11,23H,9-10,12H2,1H3,(H,20,21,24);1H4. The van der Waals surface area contributed by atoms with Crippen LogP contribution in [-0.4, -0.2) is 47.4 Å². The monoisotopic (exact) mass is 417 g/mol. The molecule has 1 heterocycles. The second-order valence-electron chi connectivity index (χ2n) is 5.89. The van der Waals surface area contributed by atoms with Crippen molar-refractivity contribution in [3.05, 3.63) is 54.1 Å². The fraction of sp³-hybridized carbons (Fsp3) is 0.250. The molecule has 9 heteroatoms. The summed E-state index contributed by atoms with van der Waals surface area (Å²) in [5, 5.41) is 12.4. The highest BCUT2D eigenvalue weighted by Gasteiger charge is 2.13. The minimum Gasteiger partial charge on any atom is -0.508 e. The lowest BCUT2D eigenvalue weighted by Gasteiger charge is -2.16. The zero-order valence-corrected chi connectivity index (χ0v) is 15.9. The van der Waals surface area contributed by atoms with Crippen LogP contribution in [0.3, 0.4) is 0 Å². The van der Waals surface area contributed by atoms with Crippen molar-refractivity contribution in [2.24, 2.45) is 0 Å². The van der Waals surface area contributed by atoms with Crippen molar-refractivity contribution < 1.29 is 24.2 Å². The summed E-state index contributed by atoms with van der Waals surface area (Å²) in [6.45, 7) is 0.377. The summed E-state index contributed by atoms with van der Waals surface area (Å²) in [5.41, 5.74) is 1.56. The van der Waals surface area contributed by atoms with Gasteiger partial charge in [-0.3, -0.25) is 5.32 Å². The van der Waals surface area contributed by atoms with E-state index in [1.54, 1.807) is 19.2 Å². The molecule has 0 radical (unpaired) electrons. The maximum Gasteiger partial charge on any atom is 0.413 e. The SMILES string of the molecule is C.CN(CCOC(=O)Nc1nc2ccc(O)cc2s1)C(=O)OCc1ccccc1. The lowest BCUT2D eigenvalue weighted by molar-refractivity contribution is 0.0934. The normalized spacial score (nSPS) is 10.1. The molecule has 0 unspecified atom stereocenters. The van der Waals surface area contributed by atoms with Gasteiger partial charge in [-0.05, 0) is 23.8 Å². The highest BCUT2D eigenvalue weighted by atomic mass is 32.1.